The molecule has 0 aliphatic carbocycles. The van der Waals surface area contributed by atoms with Gasteiger partial charge in [0.2, 0.25) is 0 Å². The van der Waals surface area contributed by atoms with Gasteiger partial charge in [-0.3, -0.25) is 4.79 Å². The van der Waals surface area contributed by atoms with E-state index in [1.807, 2.05) is 72.4 Å². The Bertz CT molecular complexity index is 968. The number of carbonyl (C=O) groups excluding carboxylic acids is 1. The fourth-order valence-electron chi connectivity index (χ4n) is 2.85. The Morgan fingerprint density at radius 1 is 0.966 bits per heavy atom. The summed E-state index contributed by atoms with van der Waals surface area (Å²) in [4.78, 5) is 12.9. The van der Waals surface area contributed by atoms with Crippen LogP contribution in [0.5, 0.6) is 0 Å². The van der Waals surface area contributed by atoms with E-state index < -0.39 is 0 Å². The largest absolute Gasteiger partial charge is 0.351 e. The molecule has 0 aliphatic heterocycles. The van der Waals surface area contributed by atoms with Gasteiger partial charge in [0.15, 0.2) is 0 Å². The van der Waals surface area contributed by atoms with Crippen LogP contribution < -0.4 is 5.32 Å². The number of nitrogens with one attached hydrogen (secondary N) is 1. The van der Waals surface area contributed by atoms with E-state index in [2.05, 4.69) is 36.5 Å². The second-order valence-corrected chi connectivity index (χ2v) is 8.25. The van der Waals surface area contributed by atoms with Gasteiger partial charge in [-0.25, -0.2) is 0 Å². The molecule has 2 nitrogen and oxygen atoms in total. The van der Waals surface area contributed by atoms with Crippen molar-refractivity contribution in [1.82, 2.24) is 5.32 Å². The van der Waals surface area contributed by atoms with Crippen LogP contribution >= 0.6 is 23.4 Å². The lowest BCUT2D eigenvalue weighted by molar-refractivity contribution is -0.115. The average Bonchev–Trinajstić information content (AvgIpc) is 2.74. The van der Waals surface area contributed by atoms with Gasteiger partial charge in [0.05, 0.1) is 0 Å². The van der Waals surface area contributed by atoms with E-state index in [-0.39, 0.29) is 5.91 Å². The number of hydrogen-bond donors (Lipinski definition) is 1. The van der Waals surface area contributed by atoms with Crippen molar-refractivity contribution < 1.29 is 4.79 Å². The second kappa shape index (κ2) is 10.9. The average molecular weight is 422 g/mol. The number of benzene rings is 3. The molecule has 0 bridgehead atoms. The first-order valence-electron chi connectivity index (χ1n) is 9.56. The van der Waals surface area contributed by atoms with E-state index in [9.17, 15) is 4.79 Å². The van der Waals surface area contributed by atoms with Crippen LogP contribution in [0.15, 0.2) is 78.9 Å². The van der Waals surface area contributed by atoms with Crippen LogP contribution in [-0.2, 0) is 10.5 Å². The third-order valence-corrected chi connectivity index (χ3v) is 5.83. The maximum atomic E-state index is 12.9. The van der Waals surface area contributed by atoms with Gasteiger partial charge in [-0.15, -0.1) is 0 Å². The molecule has 1 amide bonds. The molecule has 3 rings (SSSR count). The summed E-state index contributed by atoms with van der Waals surface area (Å²) in [6, 6.07) is 25.8. The van der Waals surface area contributed by atoms with Gasteiger partial charge in [-0.05, 0) is 35.8 Å². The summed E-state index contributed by atoms with van der Waals surface area (Å²) in [5.41, 5.74) is 4.89. The number of halogens is 1. The number of rotatable bonds is 8. The van der Waals surface area contributed by atoms with Crippen LogP contribution in [0.25, 0.3) is 11.6 Å². The highest BCUT2D eigenvalue weighted by molar-refractivity contribution is 7.98. The first-order valence-corrected chi connectivity index (χ1v) is 11.1. The number of amides is 1. The maximum Gasteiger partial charge on any atom is 0.251 e. The van der Waals surface area contributed by atoms with Crippen LogP contribution in [0.1, 0.15) is 22.3 Å². The summed E-state index contributed by atoms with van der Waals surface area (Å²) < 4.78 is 0. The molecule has 29 heavy (non-hydrogen) atoms. The molecular weight excluding hydrogens is 398 g/mol. The molecule has 3 aromatic carbocycles. The van der Waals surface area contributed by atoms with E-state index >= 15 is 0 Å². The molecule has 0 spiro atoms. The molecule has 0 saturated carbocycles. The molecule has 3 aromatic rings. The van der Waals surface area contributed by atoms with Crippen LogP contribution in [-0.4, -0.2) is 18.2 Å². The molecule has 0 unspecified atom stereocenters. The fraction of sp³-hybridized carbons (Fsp3) is 0.160. The molecule has 148 valence electrons. The molecule has 0 radical (unpaired) electrons. The predicted molar refractivity (Wildman–Crippen MR) is 126 cm³/mol. The van der Waals surface area contributed by atoms with E-state index in [1.54, 1.807) is 0 Å². The zero-order valence-corrected chi connectivity index (χ0v) is 18.0. The quantitative estimate of drug-likeness (QED) is 0.265. The van der Waals surface area contributed by atoms with E-state index in [0.29, 0.717) is 17.1 Å². The van der Waals surface area contributed by atoms with Crippen molar-refractivity contribution in [2.75, 3.05) is 12.3 Å². The van der Waals surface area contributed by atoms with Crippen LogP contribution in [0, 0.1) is 6.92 Å². The molecule has 0 heterocycles. The monoisotopic (exact) mass is 421 g/mol. The Hall–Kier alpha value is -2.49. The highest BCUT2D eigenvalue weighted by Crippen LogP contribution is 2.23. The lowest BCUT2D eigenvalue weighted by Crippen LogP contribution is -2.26. The van der Waals surface area contributed by atoms with E-state index in [0.717, 1.165) is 22.6 Å². The summed E-state index contributed by atoms with van der Waals surface area (Å²) in [5, 5.41) is 3.67. The third-order valence-electron chi connectivity index (χ3n) is 4.46. The van der Waals surface area contributed by atoms with Crippen LogP contribution in [0.3, 0.4) is 0 Å². The van der Waals surface area contributed by atoms with Crippen LogP contribution in [0.2, 0.25) is 5.02 Å². The van der Waals surface area contributed by atoms with Crippen molar-refractivity contribution >= 4 is 40.9 Å². The Morgan fingerprint density at radius 2 is 1.66 bits per heavy atom. The topological polar surface area (TPSA) is 29.1 Å². The molecule has 0 saturated heterocycles. The molecule has 4 heteroatoms. The highest BCUT2D eigenvalue weighted by Gasteiger charge is 2.12. The zero-order valence-electron chi connectivity index (χ0n) is 16.4. The smallest absolute Gasteiger partial charge is 0.251 e. The zero-order chi connectivity index (χ0) is 20.5. The Morgan fingerprint density at radius 3 is 2.38 bits per heavy atom. The van der Waals surface area contributed by atoms with Gasteiger partial charge in [-0.2, -0.15) is 11.8 Å². The van der Waals surface area contributed by atoms with Crippen molar-refractivity contribution in [1.29, 1.82) is 0 Å². The van der Waals surface area contributed by atoms with Gasteiger partial charge >= 0.3 is 0 Å². The minimum Gasteiger partial charge on any atom is -0.351 e. The number of hydrogen-bond acceptors (Lipinski definition) is 2. The lowest BCUT2D eigenvalue weighted by atomic mass is 10.0. The first-order chi connectivity index (χ1) is 14.1. The SMILES string of the molecule is Cc1ccc(CSCCNC(=O)/C(=C/c2ccccc2Cl)c2ccccc2)cc1. The van der Waals surface area contributed by atoms with Gasteiger partial charge in [0.25, 0.3) is 5.91 Å². The lowest BCUT2D eigenvalue weighted by Gasteiger charge is -2.10. The Balaban J connectivity index is 1.61. The van der Waals surface area contributed by atoms with Gasteiger partial charge in [0.1, 0.15) is 0 Å². The molecule has 1 N–H and O–H groups in total. The van der Waals surface area contributed by atoms with Crippen molar-refractivity contribution in [3.05, 3.63) is 106 Å². The summed E-state index contributed by atoms with van der Waals surface area (Å²) in [6.45, 7) is 2.70. The second-order valence-electron chi connectivity index (χ2n) is 6.74. The van der Waals surface area contributed by atoms with Crippen LogP contribution in [0.4, 0.5) is 0 Å². The highest BCUT2D eigenvalue weighted by atomic mass is 35.5. The summed E-state index contributed by atoms with van der Waals surface area (Å²) in [7, 11) is 0. The summed E-state index contributed by atoms with van der Waals surface area (Å²) in [5.74, 6) is 1.71. The van der Waals surface area contributed by atoms with Gasteiger partial charge < -0.3 is 5.32 Å². The predicted octanol–water partition coefficient (Wildman–Crippen LogP) is 6.24. The van der Waals surface area contributed by atoms with E-state index in [4.69, 9.17) is 11.6 Å². The normalized spacial score (nSPS) is 11.3. The van der Waals surface area contributed by atoms with Crippen molar-refractivity contribution in [3.63, 3.8) is 0 Å². The Labute approximate surface area is 182 Å². The first kappa shape index (κ1) is 21.2. The number of aryl methyl sites for hydroxylation is 1. The minimum absolute atomic E-state index is 0.0907. The molecular formula is C25H24ClNOS. The molecule has 0 fully saturated rings. The third kappa shape index (κ3) is 6.52. The van der Waals surface area contributed by atoms with E-state index in [1.165, 1.54) is 11.1 Å². The molecule has 0 aliphatic rings. The molecule has 0 atom stereocenters. The number of carbonyl (C=O) groups is 1. The van der Waals surface area contributed by atoms with Crippen molar-refractivity contribution in [3.8, 4) is 0 Å². The summed E-state index contributed by atoms with van der Waals surface area (Å²) >= 11 is 8.11. The Kier molecular flexibility index (Phi) is 7.97. The standard InChI is InChI=1S/C25H24ClNOS/c1-19-11-13-20(14-12-19)18-29-16-15-27-25(28)23(21-7-3-2-4-8-21)17-22-9-5-6-10-24(22)26/h2-14,17H,15-16,18H2,1H3,(H,27,28)/b23-17+. The van der Waals surface area contributed by atoms with Crippen molar-refractivity contribution in [2.24, 2.45) is 0 Å². The molecule has 0 aromatic heterocycles. The fourth-order valence-corrected chi connectivity index (χ4v) is 3.86. The summed E-state index contributed by atoms with van der Waals surface area (Å²) in [6.07, 6.45) is 1.85. The maximum absolute atomic E-state index is 12.9. The van der Waals surface area contributed by atoms with Gasteiger partial charge in [-0.1, -0.05) is 90.0 Å². The van der Waals surface area contributed by atoms with Crippen molar-refractivity contribution in [2.45, 2.75) is 12.7 Å². The number of thioether (sulfide) groups is 1. The van der Waals surface area contributed by atoms with Gasteiger partial charge in [0, 0.05) is 28.6 Å². The minimum atomic E-state index is -0.0907.